The van der Waals surface area contributed by atoms with Crippen molar-refractivity contribution in [3.8, 4) is 11.4 Å². The Balaban J connectivity index is 2.46. The Labute approximate surface area is 99.3 Å². The summed E-state index contributed by atoms with van der Waals surface area (Å²) < 4.78 is 1.84. The van der Waals surface area contributed by atoms with Gasteiger partial charge in [-0.3, -0.25) is 0 Å². The molecule has 0 aliphatic heterocycles. The summed E-state index contributed by atoms with van der Waals surface area (Å²) in [4.78, 5) is 4.44. The number of nitrogens with zero attached hydrogens (tertiary/aromatic N) is 2. The van der Waals surface area contributed by atoms with E-state index in [0.29, 0.717) is 11.6 Å². The molecule has 0 atom stereocenters. The molecule has 0 amide bonds. The van der Waals surface area contributed by atoms with Gasteiger partial charge in [-0.1, -0.05) is 41.9 Å². The van der Waals surface area contributed by atoms with Crippen molar-refractivity contribution in [3.63, 3.8) is 0 Å². The van der Waals surface area contributed by atoms with Gasteiger partial charge in [0, 0.05) is 25.6 Å². The first-order valence-electron chi connectivity index (χ1n) is 5.11. The normalized spacial score (nSPS) is 10.7. The van der Waals surface area contributed by atoms with Crippen molar-refractivity contribution in [3.05, 3.63) is 41.2 Å². The maximum atomic E-state index is 8.91. The van der Waals surface area contributed by atoms with E-state index in [1.54, 1.807) is 0 Å². The van der Waals surface area contributed by atoms with Crippen LogP contribution in [0.5, 0.6) is 0 Å². The largest absolute Gasteiger partial charge is 0.396 e. The van der Waals surface area contributed by atoms with Gasteiger partial charge in [0.05, 0.1) is 5.69 Å². The zero-order chi connectivity index (χ0) is 11.5. The van der Waals surface area contributed by atoms with Crippen molar-refractivity contribution in [2.45, 2.75) is 6.42 Å². The molecule has 4 heteroatoms. The van der Waals surface area contributed by atoms with Crippen molar-refractivity contribution in [2.75, 3.05) is 6.61 Å². The fourth-order valence-electron chi connectivity index (χ4n) is 1.65. The zero-order valence-electron chi connectivity index (χ0n) is 9.02. The fraction of sp³-hybridized carbons (Fsp3) is 0.250. The van der Waals surface area contributed by atoms with Crippen molar-refractivity contribution in [1.29, 1.82) is 0 Å². The van der Waals surface area contributed by atoms with Crippen molar-refractivity contribution >= 4 is 11.6 Å². The molecule has 16 heavy (non-hydrogen) atoms. The Hall–Kier alpha value is -1.32. The number of benzene rings is 1. The van der Waals surface area contributed by atoms with E-state index >= 15 is 0 Å². The molecule has 2 rings (SSSR count). The van der Waals surface area contributed by atoms with Crippen molar-refractivity contribution in [2.24, 2.45) is 7.05 Å². The molecule has 1 aromatic heterocycles. The monoisotopic (exact) mass is 236 g/mol. The molecule has 84 valence electrons. The molecule has 0 aliphatic rings. The highest BCUT2D eigenvalue weighted by molar-refractivity contribution is 6.30. The van der Waals surface area contributed by atoms with Gasteiger partial charge in [0.25, 0.3) is 0 Å². The molecule has 0 bridgehead atoms. The van der Waals surface area contributed by atoms with Crippen LogP contribution in [0.1, 0.15) is 5.69 Å². The van der Waals surface area contributed by atoms with Gasteiger partial charge >= 0.3 is 0 Å². The summed E-state index contributed by atoms with van der Waals surface area (Å²) in [7, 11) is 1.87. The van der Waals surface area contributed by atoms with Gasteiger partial charge in [0.2, 0.25) is 0 Å². The average Bonchev–Trinajstić information content (AvgIpc) is 2.59. The van der Waals surface area contributed by atoms with Crippen LogP contribution >= 0.6 is 11.6 Å². The second-order valence-corrected chi connectivity index (χ2v) is 3.93. The predicted molar refractivity (Wildman–Crippen MR) is 64.4 cm³/mol. The number of hydrogen-bond acceptors (Lipinski definition) is 2. The number of rotatable bonds is 3. The van der Waals surface area contributed by atoms with E-state index in [9.17, 15) is 0 Å². The quantitative estimate of drug-likeness (QED) is 0.888. The van der Waals surface area contributed by atoms with Crippen LogP contribution in [0.3, 0.4) is 0 Å². The molecular weight excluding hydrogens is 224 g/mol. The Morgan fingerprint density at radius 1 is 1.31 bits per heavy atom. The third kappa shape index (κ3) is 1.96. The van der Waals surface area contributed by atoms with Crippen LogP contribution in [0.4, 0.5) is 0 Å². The molecule has 0 spiro atoms. The van der Waals surface area contributed by atoms with Crippen molar-refractivity contribution in [1.82, 2.24) is 9.55 Å². The van der Waals surface area contributed by atoms with Crippen LogP contribution in [-0.2, 0) is 13.5 Å². The summed E-state index contributed by atoms with van der Waals surface area (Å²) in [5, 5.41) is 9.50. The van der Waals surface area contributed by atoms with E-state index < -0.39 is 0 Å². The summed E-state index contributed by atoms with van der Waals surface area (Å²) in [6, 6.07) is 9.86. The van der Waals surface area contributed by atoms with E-state index in [0.717, 1.165) is 17.1 Å². The first-order valence-corrected chi connectivity index (χ1v) is 5.49. The van der Waals surface area contributed by atoms with Gasteiger partial charge < -0.3 is 9.67 Å². The minimum Gasteiger partial charge on any atom is -0.396 e. The lowest BCUT2D eigenvalue weighted by molar-refractivity contribution is 0.298. The van der Waals surface area contributed by atoms with Crippen molar-refractivity contribution < 1.29 is 5.11 Å². The van der Waals surface area contributed by atoms with Gasteiger partial charge in [-0.05, 0) is 0 Å². The van der Waals surface area contributed by atoms with E-state index in [4.69, 9.17) is 16.7 Å². The van der Waals surface area contributed by atoms with Gasteiger partial charge in [-0.2, -0.15) is 0 Å². The summed E-state index contributed by atoms with van der Waals surface area (Å²) >= 11 is 6.13. The molecular formula is C12H13ClN2O. The first-order chi connectivity index (χ1) is 7.74. The van der Waals surface area contributed by atoms with Gasteiger partial charge in [0.1, 0.15) is 11.0 Å². The lowest BCUT2D eigenvalue weighted by Crippen LogP contribution is -1.92. The standard InChI is InChI=1S/C12H13ClN2O/c1-15-11(13)10(7-8-16)14-12(15)9-5-3-2-4-6-9/h2-6,16H,7-8H2,1H3. The Morgan fingerprint density at radius 2 is 2.00 bits per heavy atom. The molecule has 0 unspecified atom stereocenters. The van der Waals surface area contributed by atoms with Crippen LogP contribution in [0.2, 0.25) is 5.15 Å². The van der Waals surface area contributed by atoms with Crippen LogP contribution in [-0.4, -0.2) is 21.3 Å². The number of halogens is 1. The maximum Gasteiger partial charge on any atom is 0.141 e. The summed E-state index contributed by atoms with van der Waals surface area (Å²) in [5.74, 6) is 0.828. The smallest absolute Gasteiger partial charge is 0.141 e. The molecule has 3 nitrogen and oxygen atoms in total. The van der Waals surface area contributed by atoms with E-state index in [2.05, 4.69) is 4.98 Å². The van der Waals surface area contributed by atoms with Crippen LogP contribution in [0.25, 0.3) is 11.4 Å². The lowest BCUT2D eigenvalue weighted by Gasteiger charge is -2.01. The number of aliphatic hydroxyl groups is 1. The number of aliphatic hydroxyl groups excluding tert-OH is 1. The lowest BCUT2D eigenvalue weighted by atomic mass is 10.2. The Kier molecular flexibility index (Phi) is 3.27. The Bertz CT molecular complexity index is 479. The molecule has 0 radical (unpaired) electrons. The highest BCUT2D eigenvalue weighted by atomic mass is 35.5. The average molecular weight is 237 g/mol. The molecule has 1 heterocycles. The highest BCUT2D eigenvalue weighted by Gasteiger charge is 2.13. The van der Waals surface area contributed by atoms with Gasteiger partial charge in [0.15, 0.2) is 0 Å². The number of hydrogen-bond donors (Lipinski definition) is 1. The van der Waals surface area contributed by atoms with Gasteiger partial charge in [-0.15, -0.1) is 0 Å². The third-order valence-electron chi connectivity index (χ3n) is 2.47. The topological polar surface area (TPSA) is 38.0 Å². The summed E-state index contributed by atoms with van der Waals surface area (Å²) in [6.45, 7) is 0.0605. The molecule has 1 aromatic carbocycles. The zero-order valence-corrected chi connectivity index (χ0v) is 9.78. The molecule has 1 N–H and O–H groups in total. The SMILES string of the molecule is Cn1c(-c2ccccc2)nc(CCO)c1Cl. The molecule has 2 aromatic rings. The highest BCUT2D eigenvalue weighted by Crippen LogP contribution is 2.24. The first kappa shape index (κ1) is 11.2. The molecule has 0 saturated carbocycles. The van der Waals surface area contributed by atoms with E-state index in [-0.39, 0.29) is 6.61 Å². The maximum absolute atomic E-state index is 8.91. The minimum absolute atomic E-state index is 0.0605. The van der Waals surface area contributed by atoms with Crippen LogP contribution in [0, 0.1) is 0 Å². The van der Waals surface area contributed by atoms with Crippen LogP contribution in [0.15, 0.2) is 30.3 Å². The minimum atomic E-state index is 0.0605. The number of aromatic nitrogens is 2. The second kappa shape index (κ2) is 4.68. The predicted octanol–water partition coefficient (Wildman–Crippen LogP) is 2.28. The molecule has 0 fully saturated rings. The summed E-state index contributed by atoms with van der Waals surface area (Å²) in [5.41, 5.74) is 1.77. The summed E-state index contributed by atoms with van der Waals surface area (Å²) in [6.07, 6.45) is 0.486. The molecule has 0 saturated heterocycles. The van der Waals surface area contributed by atoms with E-state index in [1.807, 2.05) is 41.9 Å². The third-order valence-corrected chi connectivity index (χ3v) is 2.94. The Morgan fingerprint density at radius 3 is 2.62 bits per heavy atom. The van der Waals surface area contributed by atoms with Crippen LogP contribution < -0.4 is 0 Å². The molecule has 0 aliphatic carbocycles. The van der Waals surface area contributed by atoms with E-state index in [1.165, 1.54) is 0 Å². The second-order valence-electron chi connectivity index (χ2n) is 3.57. The van der Waals surface area contributed by atoms with Gasteiger partial charge in [-0.25, -0.2) is 4.98 Å². The number of imidazole rings is 1. The fourth-order valence-corrected chi connectivity index (χ4v) is 1.86.